The lowest BCUT2D eigenvalue weighted by atomic mass is 10.1. The topological polar surface area (TPSA) is 87.7 Å². The van der Waals surface area contributed by atoms with E-state index in [1.807, 2.05) is 30.3 Å². The van der Waals surface area contributed by atoms with Crippen molar-refractivity contribution in [3.8, 4) is 11.5 Å². The highest BCUT2D eigenvalue weighted by Gasteiger charge is 2.11. The lowest BCUT2D eigenvalue weighted by molar-refractivity contribution is -0.131. The summed E-state index contributed by atoms with van der Waals surface area (Å²) in [6, 6.07) is 20.8. The van der Waals surface area contributed by atoms with Crippen LogP contribution in [0.25, 0.3) is 0 Å². The van der Waals surface area contributed by atoms with Crippen LogP contribution < -0.4 is 15.4 Å². The fraction of sp³-hybridized carbons (Fsp3) is 0.0833. The van der Waals surface area contributed by atoms with Crippen molar-refractivity contribution in [2.45, 2.75) is 12.5 Å². The van der Waals surface area contributed by atoms with E-state index in [1.165, 1.54) is 30.3 Å². The SMILES string of the molecule is O=C(O)/C=C/[C@H](Cc1ccccc1)NC(=O)Nc1ccc(Oc2ccc(F)cc2)cc1. The van der Waals surface area contributed by atoms with Gasteiger partial charge in [-0.2, -0.15) is 0 Å². The molecule has 3 aromatic carbocycles. The van der Waals surface area contributed by atoms with Gasteiger partial charge < -0.3 is 20.5 Å². The van der Waals surface area contributed by atoms with Gasteiger partial charge in [-0.05, 0) is 60.5 Å². The van der Waals surface area contributed by atoms with E-state index in [0.717, 1.165) is 11.6 Å². The zero-order valence-corrected chi connectivity index (χ0v) is 16.5. The van der Waals surface area contributed by atoms with E-state index < -0.39 is 18.0 Å². The minimum absolute atomic E-state index is 0.346. The van der Waals surface area contributed by atoms with E-state index >= 15 is 0 Å². The molecule has 0 aliphatic heterocycles. The number of amides is 2. The molecule has 0 heterocycles. The number of carbonyl (C=O) groups excluding carboxylic acids is 1. The number of hydrogen-bond acceptors (Lipinski definition) is 3. The van der Waals surface area contributed by atoms with Gasteiger partial charge >= 0.3 is 12.0 Å². The Kier molecular flexibility index (Phi) is 7.37. The maximum Gasteiger partial charge on any atom is 0.328 e. The highest BCUT2D eigenvalue weighted by Crippen LogP contribution is 2.23. The first kappa shape index (κ1) is 21.6. The molecule has 0 unspecified atom stereocenters. The van der Waals surface area contributed by atoms with Gasteiger partial charge in [0.2, 0.25) is 0 Å². The molecule has 0 aromatic heterocycles. The Morgan fingerprint density at radius 2 is 1.55 bits per heavy atom. The summed E-state index contributed by atoms with van der Waals surface area (Å²) in [6.07, 6.45) is 2.90. The molecule has 0 aliphatic carbocycles. The third kappa shape index (κ3) is 7.32. The van der Waals surface area contributed by atoms with Crippen LogP contribution in [0.5, 0.6) is 11.5 Å². The fourth-order valence-corrected chi connectivity index (χ4v) is 2.81. The third-order valence-corrected chi connectivity index (χ3v) is 4.25. The molecule has 0 saturated heterocycles. The third-order valence-electron chi connectivity index (χ3n) is 4.25. The number of ether oxygens (including phenoxy) is 1. The van der Waals surface area contributed by atoms with Gasteiger partial charge in [-0.1, -0.05) is 36.4 Å². The van der Waals surface area contributed by atoms with Gasteiger partial charge in [-0.15, -0.1) is 0 Å². The number of rotatable bonds is 8. The van der Waals surface area contributed by atoms with E-state index in [0.29, 0.717) is 23.6 Å². The van der Waals surface area contributed by atoms with Crippen LogP contribution in [0.3, 0.4) is 0 Å². The summed E-state index contributed by atoms with van der Waals surface area (Å²) in [6.45, 7) is 0. The molecule has 31 heavy (non-hydrogen) atoms. The van der Waals surface area contributed by atoms with Crippen LogP contribution >= 0.6 is 0 Å². The van der Waals surface area contributed by atoms with E-state index in [2.05, 4.69) is 10.6 Å². The standard InChI is InChI=1S/C24H21FN2O4/c25-18-6-11-21(12-7-18)31-22-13-8-19(9-14-22)26-24(30)27-20(10-15-23(28)29)16-17-4-2-1-3-5-17/h1-15,20H,16H2,(H,28,29)(H2,26,27,30)/b15-10+/t20-/m1/s1. The van der Waals surface area contributed by atoms with Gasteiger partial charge in [0.25, 0.3) is 0 Å². The highest BCUT2D eigenvalue weighted by molar-refractivity contribution is 5.89. The fourth-order valence-electron chi connectivity index (χ4n) is 2.81. The molecule has 3 aromatic rings. The molecule has 0 fully saturated rings. The average molecular weight is 420 g/mol. The van der Waals surface area contributed by atoms with E-state index in [4.69, 9.17) is 9.84 Å². The van der Waals surface area contributed by atoms with Gasteiger partial charge in [-0.25, -0.2) is 14.0 Å². The van der Waals surface area contributed by atoms with Crippen LogP contribution in [0.4, 0.5) is 14.9 Å². The number of benzene rings is 3. The lowest BCUT2D eigenvalue weighted by Crippen LogP contribution is -2.38. The molecular weight excluding hydrogens is 399 g/mol. The first-order chi connectivity index (χ1) is 15.0. The van der Waals surface area contributed by atoms with Crippen LogP contribution in [-0.4, -0.2) is 23.1 Å². The quantitative estimate of drug-likeness (QED) is 0.448. The van der Waals surface area contributed by atoms with Crippen molar-refractivity contribution in [2.75, 3.05) is 5.32 Å². The molecule has 6 nitrogen and oxygen atoms in total. The Labute approximate surface area is 179 Å². The maximum absolute atomic E-state index is 13.0. The smallest absolute Gasteiger partial charge is 0.328 e. The first-order valence-electron chi connectivity index (χ1n) is 9.54. The van der Waals surface area contributed by atoms with Gasteiger partial charge in [0.1, 0.15) is 17.3 Å². The van der Waals surface area contributed by atoms with Crippen LogP contribution in [0, 0.1) is 5.82 Å². The summed E-state index contributed by atoms with van der Waals surface area (Å²) in [7, 11) is 0. The largest absolute Gasteiger partial charge is 0.478 e. The van der Waals surface area contributed by atoms with Crippen molar-refractivity contribution in [3.63, 3.8) is 0 Å². The number of carboxylic acids is 1. The number of anilines is 1. The Morgan fingerprint density at radius 1 is 0.935 bits per heavy atom. The molecule has 0 bridgehead atoms. The van der Waals surface area contributed by atoms with E-state index in [-0.39, 0.29) is 5.82 Å². The number of urea groups is 1. The Morgan fingerprint density at radius 3 is 2.16 bits per heavy atom. The van der Waals surface area contributed by atoms with Gasteiger partial charge in [-0.3, -0.25) is 0 Å². The monoisotopic (exact) mass is 420 g/mol. The predicted molar refractivity (Wildman–Crippen MR) is 116 cm³/mol. The summed E-state index contributed by atoms with van der Waals surface area (Å²) in [5, 5.41) is 14.4. The summed E-state index contributed by atoms with van der Waals surface area (Å²) in [4.78, 5) is 23.3. The number of nitrogens with one attached hydrogen (secondary N) is 2. The lowest BCUT2D eigenvalue weighted by Gasteiger charge is -2.16. The molecular formula is C24H21FN2O4. The zero-order valence-electron chi connectivity index (χ0n) is 16.5. The second-order valence-electron chi connectivity index (χ2n) is 6.67. The molecule has 0 aliphatic rings. The van der Waals surface area contributed by atoms with Gasteiger partial charge in [0.05, 0.1) is 6.04 Å². The van der Waals surface area contributed by atoms with Crippen molar-refractivity contribution in [2.24, 2.45) is 0 Å². The summed E-state index contributed by atoms with van der Waals surface area (Å²) >= 11 is 0. The number of hydrogen-bond donors (Lipinski definition) is 3. The predicted octanol–water partition coefficient (Wildman–Crippen LogP) is 4.99. The minimum atomic E-state index is -1.09. The van der Waals surface area contributed by atoms with Crippen LogP contribution in [0.15, 0.2) is 91.0 Å². The first-order valence-corrected chi connectivity index (χ1v) is 9.54. The summed E-state index contributed by atoms with van der Waals surface area (Å²) < 4.78 is 18.6. The Hall–Kier alpha value is -4.13. The van der Waals surface area contributed by atoms with Crippen LogP contribution in [-0.2, 0) is 11.2 Å². The molecule has 3 N–H and O–H groups in total. The molecule has 1 atom stereocenters. The van der Waals surface area contributed by atoms with E-state index in [1.54, 1.807) is 24.3 Å². The van der Waals surface area contributed by atoms with Crippen molar-refractivity contribution in [1.82, 2.24) is 5.32 Å². The van der Waals surface area contributed by atoms with Gasteiger partial charge in [0, 0.05) is 11.8 Å². The summed E-state index contributed by atoms with van der Waals surface area (Å²) in [5.41, 5.74) is 1.50. The number of halogens is 1. The molecule has 0 spiro atoms. The maximum atomic E-state index is 13.0. The minimum Gasteiger partial charge on any atom is -0.478 e. The second-order valence-corrected chi connectivity index (χ2v) is 6.67. The van der Waals surface area contributed by atoms with Crippen molar-refractivity contribution < 1.29 is 23.8 Å². The second kappa shape index (κ2) is 10.6. The number of carbonyl (C=O) groups is 2. The molecule has 2 amide bonds. The van der Waals surface area contributed by atoms with Crippen LogP contribution in [0.2, 0.25) is 0 Å². The van der Waals surface area contributed by atoms with Crippen LogP contribution in [0.1, 0.15) is 5.56 Å². The molecule has 158 valence electrons. The number of aliphatic carboxylic acids is 1. The normalized spacial score (nSPS) is 11.6. The zero-order chi connectivity index (χ0) is 22.1. The van der Waals surface area contributed by atoms with Crippen molar-refractivity contribution >= 4 is 17.7 Å². The number of carboxylic acid groups (broad SMARTS) is 1. The Balaban J connectivity index is 1.59. The Bertz CT molecular complexity index is 1040. The van der Waals surface area contributed by atoms with Crippen molar-refractivity contribution in [1.29, 1.82) is 0 Å². The van der Waals surface area contributed by atoms with E-state index in [9.17, 15) is 14.0 Å². The molecule has 0 saturated carbocycles. The van der Waals surface area contributed by atoms with Gasteiger partial charge in [0.15, 0.2) is 0 Å². The average Bonchev–Trinajstić information content (AvgIpc) is 2.76. The molecule has 3 rings (SSSR count). The summed E-state index contributed by atoms with van der Waals surface area (Å²) in [5.74, 6) is -0.406. The molecule has 7 heteroatoms. The van der Waals surface area contributed by atoms with Crippen molar-refractivity contribution in [3.05, 3.63) is 102 Å². The molecule has 0 radical (unpaired) electrons. The highest BCUT2D eigenvalue weighted by atomic mass is 19.1.